The Morgan fingerprint density at radius 2 is 1.88 bits per heavy atom. The molecule has 0 saturated heterocycles. The van der Waals surface area contributed by atoms with Gasteiger partial charge in [-0.25, -0.2) is 0 Å². The molecular weight excluding hydrogens is 452 g/mol. The second-order valence-electron chi connectivity index (χ2n) is 12.2. The smallest absolute Gasteiger partial charge is 0.291 e. The van der Waals surface area contributed by atoms with E-state index in [0.29, 0.717) is 46.8 Å². The molecule has 1 amide bonds. The van der Waals surface area contributed by atoms with Crippen LogP contribution >= 0.6 is 11.8 Å². The predicted molar refractivity (Wildman–Crippen MR) is 129 cm³/mol. The van der Waals surface area contributed by atoms with Gasteiger partial charge in [-0.05, 0) is 74.8 Å². The Labute approximate surface area is 206 Å². The van der Waals surface area contributed by atoms with Gasteiger partial charge in [0.25, 0.3) is 11.8 Å². The first-order valence-corrected chi connectivity index (χ1v) is 13.8. The van der Waals surface area contributed by atoms with E-state index in [1.807, 2.05) is 13.8 Å². The van der Waals surface area contributed by atoms with Gasteiger partial charge in [0.2, 0.25) is 5.76 Å². The van der Waals surface area contributed by atoms with Gasteiger partial charge in [0.1, 0.15) is 10.7 Å². The third-order valence-electron chi connectivity index (χ3n) is 8.28. The first-order valence-electron chi connectivity index (χ1n) is 12.9. The van der Waals surface area contributed by atoms with Crippen molar-refractivity contribution in [2.45, 2.75) is 107 Å². The van der Waals surface area contributed by atoms with Crippen LogP contribution in [0.5, 0.6) is 5.88 Å². The molecule has 0 aliphatic heterocycles. The highest BCUT2D eigenvalue weighted by atomic mass is 32.2. The Kier molecular flexibility index (Phi) is 6.51. The molecule has 1 aromatic rings. The van der Waals surface area contributed by atoms with E-state index >= 15 is 0 Å². The minimum Gasteiger partial charge on any atom is -0.474 e. The van der Waals surface area contributed by atoms with Crippen molar-refractivity contribution in [1.29, 1.82) is 0 Å². The molecule has 0 radical (unpaired) electrons. The second-order valence-corrected chi connectivity index (χ2v) is 13.5. The van der Waals surface area contributed by atoms with E-state index in [1.54, 1.807) is 18.7 Å². The van der Waals surface area contributed by atoms with Crippen molar-refractivity contribution in [3.63, 3.8) is 0 Å². The van der Waals surface area contributed by atoms with Crippen LogP contribution in [0.4, 0.5) is 0 Å². The average molecular weight is 491 g/mol. The third-order valence-corrected chi connectivity index (χ3v) is 9.68. The van der Waals surface area contributed by atoms with Gasteiger partial charge in [0.15, 0.2) is 0 Å². The summed E-state index contributed by atoms with van der Waals surface area (Å²) in [4.78, 5) is 25.7. The maximum atomic E-state index is 13.5. The lowest BCUT2D eigenvalue weighted by Crippen LogP contribution is -2.61. The molecule has 0 aromatic carbocycles. The number of rotatable bonds is 9. The molecule has 2 N–H and O–H groups in total. The van der Waals surface area contributed by atoms with Crippen molar-refractivity contribution in [2.75, 3.05) is 6.61 Å². The van der Waals surface area contributed by atoms with Gasteiger partial charge in [-0.15, -0.1) is 11.8 Å². The molecular formula is C26H38N2O5S. The summed E-state index contributed by atoms with van der Waals surface area (Å²) < 4.78 is 11.7. The number of ether oxygens (including phenoxy) is 1. The van der Waals surface area contributed by atoms with E-state index in [0.717, 1.165) is 44.9 Å². The zero-order valence-electron chi connectivity index (χ0n) is 20.6. The van der Waals surface area contributed by atoms with Crippen LogP contribution in [0.1, 0.15) is 95.5 Å². The quantitative estimate of drug-likeness (QED) is 0.514. The molecule has 5 aliphatic rings. The lowest BCUT2D eigenvalue weighted by Gasteiger charge is -2.58. The Morgan fingerprint density at radius 1 is 1.21 bits per heavy atom. The number of carbonyl (C=O) groups excluding carboxylic acids is 2. The molecule has 188 valence electrons. The second kappa shape index (κ2) is 9.16. The van der Waals surface area contributed by atoms with Crippen molar-refractivity contribution in [1.82, 2.24) is 10.5 Å². The fourth-order valence-corrected chi connectivity index (χ4v) is 8.54. The number of amides is 1. The normalized spacial score (nSPS) is 32.8. The Bertz CT molecular complexity index is 922. The molecule has 5 fully saturated rings. The zero-order valence-corrected chi connectivity index (χ0v) is 21.4. The minimum absolute atomic E-state index is 0.0811. The minimum atomic E-state index is -0.527. The molecule has 6 rings (SSSR count). The predicted octanol–water partition coefficient (Wildman–Crippen LogP) is 4.76. The van der Waals surface area contributed by atoms with Crippen LogP contribution in [0.25, 0.3) is 0 Å². The van der Waals surface area contributed by atoms with Gasteiger partial charge in [0, 0.05) is 23.1 Å². The number of Topliss-reactive ketones (excluding diaryl/α,β-unsaturated/α-hetero) is 1. The summed E-state index contributed by atoms with van der Waals surface area (Å²) in [6, 6.07) is 0.0811. The number of aliphatic hydroxyl groups is 1. The lowest BCUT2D eigenvalue weighted by molar-refractivity contribution is -0.137. The first kappa shape index (κ1) is 24.2. The van der Waals surface area contributed by atoms with Crippen LogP contribution in [0.2, 0.25) is 0 Å². The number of carbonyl (C=O) groups is 2. The largest absolute Gasteiger partial charge is 0.474 e. The fourth-order valence-electron chi connectivity index (χ4n) is 7.20. The van der Waals surface area contributed by atoms with Crippen LogP contribution in [0, 0.1) is 23.2 Å². The molecule has 1 heterocycles. The number of nitrogens with zero attached hydrogens (tertiary/aromatic N) is 1. The maximum absolute atomic E-state index is 13.5. The van der Waals surface area contributed by atoms with Crippen molar-refractivity contribution < 1.29 is 24.0 Å². The van der Waals surface area contributed by atoms with E-state index in [2.05, 4.69) is 10.5 Å². The highest BCUT2D eigenvalue weighted by Crippen LogP contribution is 2.55. The molecule has 2 unspecified atom stereocenters. The van der Waals surface area contributed by atoms with E-state index in [9.17, 15) is 14.7 Å². The third kappa shape index (κ3) is 5.03. The van der Waals surface area contributed by atoms with Crippen LogP contribution in [-0.4, -0.2) is 45.5 Å². The Hall–Kier alpha value is -1.54. The van der Waals surface area contributed by atoms with E-state index in [-0.39, 0.29) is 28.9 Å². The highest BCUT2D eigenvalue weighted by molar-refractivity contribution is 8.00. The number of nitrogens with one attached hydrogen (secondary N) is 1. The van der Waals surface area contributed by atoms with Crippen molar-refractivity contribution in [3.8, 4) is 5.88 Å². The molecule has 4 bridgehead atoms. The summed E-state index contributed by atoms with van der Waals surface area (Å²) in [7, 11) is 0. The monoisotopic (exact) mass is 490 g/mol. The zero-order chi connectivity index (χ0) is 24.1. The van der Waals surface area contributed by atoms with Crippen LogP contribution in [0.3, 0.4) is 0 Å². The van der Waals surface area contributed by atoms with Gasteiger partial charge in [-0.2, -0.15) is 0 Å². The number of thioether (sulfide) groups is 1. The summed E-state index contributed by atoms with van der Waals surface area (Å²) >= 11 is 1.65. The Morgan fingerprint density at radius 3 is 2.50 bits per heavy atom. The van der Waals surface area contributed by atoms with Gasteiger partial charge in [-0.1, -0.05) is 26.7 Å². The van der Waals surface area contributed by atoms with Crippen LogP contribution in [-0.2, 0) is 4.79 Å². The number of aromatic nitrogens is 1. The van der Waals surface area contributed by atoms with E-state index in [4.69, 9.17) is 9.26 Å². The molecule has 34 heavy (non-hydrogen) atoms. The van der Waals surface area contributed by atoms with Gasteiger partial charge >= 0.3 is 0 Å². The molecule has 1 aromatic heterocycles. The summed E-state index contributed by atoms with van der Waals surface area (Å²) in [6.07, 6.45) is 9.69. The summed E-state index contributed by atoms with van der Waals surface area (Å²) in [5, 5.41) is 18.7. The van der Waals surface area contributed by atoms with Crippen LogP contribution < -0.4 is 10.1 Å². The van der Waals surface area contributed by atoms with Gasteiger partial charge in [-0.3, -0.25) is 4.79 Å². The molecule has 8 heteroatoms. The SMILES string of the molecule is CC(=O)CC(C)(C)COc1noc(C(=O)NC2C3CC4CC2CC(O)(C4)C3)c1SC1CCCC1. The molecule has 2 atom stereocenters. The molecule has 5 aliphatic carbocycles. The summed E-state index contributed by atoms with van der Waals surface area (Å²) in [6.45, 7) is 5.90. The highest BCUT2D eigenvalue weighted by Gasteiger charge is 2.55. The number of hydrogen-bond donors (Lipinski definition) is 2. The number of hydrogen-bond acceptors (Lipinski definition) is 7. The van der Waals surface area contributed by atoms with Crippen LogP contribution in [0.15, 0.2) is 9.42 Å². The van der Waals surface area contributed by atoms with E-state index < -0.39 is 5.60 Å². The van der Waals surface area contributed by atoms with E-state index in [1.165, 1.54) is 12.8 Å². The Balaban J connectivity index is 1.32. The van der Waals surface area contributed by atoms with Crippen molar-refractivity contribution in [2.24, 2.45) is 23.2 Å². The standard InChI is InChI=1S/C26H38N2O5S/c1-15(29)10-25(2,3)14-32-24-22(34-19-6-4-5-7-19)21(33-28-24)23(30)27-20-17-8-16-9-18(20)13-26(31,11-16)12-17/h16-20,31H,4-14H2,1-3H3,(H,27,30). The maximum Gasteiger partial charge on any atom is 0.291 e. The molecule has 7 nitrogen and oxygen atoms in total. The first-order chi connectivity index (χ1) is 16.1. The summed E-state index contributed by atoms with van der Waals surface area (Å²) in [5.41, 5.74) is -0.857. The lowest BCUT2D eigenvalue weighted by atomic mass is 9.52. The van der Waals surface area contributed by atoms with Gasteiger partial charge in [0.05, 0.1) is 12.2 Å². The van der Waals surface area contributed by atoms with Gasteiger partial charge < -0.3 is 24.5 Å². The molecule has 0 spiro atoms. The van der Waals surface area contributed by atoms with Crippen molar-refractivity contribution >= 4 is 23.5 Å². The molecule has 5 saturated carbocycles. The van der Waals surface area contributed by atoms with Crippen molar-refractivity contribution in [3.05, 3.63) is 5.76 Å². The number of ketones is 1. The summed E-state index contributed by atoms with van der Waals surface area (Å²) in [5.74, 6) is 1.74. The topological polar surface area (TPSA) is 102 Å². The fraction of sp³-hybridized carbons (Fsp3) is 0.808. The average Bonchev–Trinajstić information content (AvgIpc) is 3.37.